The van der Waals surface area contributed by atoms with Gasteiger partial charge in [-0.3, -0.25) is 9.59 Å². The zero-order chi connectivity index (χ0) is 14.2. The van der Waals surface area contributed by atoms with E-state index in [1.807, 2.05) is 7.05 Å². The predicted molar refractivity (Wildman–Crippen MR) is 76.1 cm³/mol. The second-order valence-corrected chi connectivity index (χ2v) is 6.71. The van der Waals surface area contributed by atoms with Crippen molar-refractivity contribution in [3.05, 3.63) is 0 Å². The largest absolute Gasteiger partial charge is 0.351 e. The maximum Gasteiger partial charge on any atom is 0.228 e. The van der Waals surface area contributed by atoms with E-state index in [0.29, 0.717) is 18.9 Å². The Morgan fingerprint density at radius 2 is 2.25 bits per heavy atom. The van der Waals surface area contributed by atoms with Gasteiger partial charge in [-0.05, 0) is 31.7 Å². The molecule has 2 heterocycles. The van der Waals surface area contributed by atoms with Crippen LogP contribution in [0, 0.1) is 11.3 Å². The molecule has 0 bridgehead atoms. The molecule has 5 heteroatoms. The van der Waals surface area contributed by atoms with E-state index in [2.05, 4.69) is 10.6 Å². The molecule has 2 N–H and O–H groups in total. The van der Waals surface area contributed by atoms with Gasteiger partial charge < -0.3 is 15.5 Å². The lowest BCUT2D eigenvalue weighted by molar-refractivity contribution is -0.138. The van der Waals surface area contributed by atoms with E-state index < -0.39 is 0 Å². The fourth-order valence-corrected chi connectivity index (χ4v) is 4.15. The third-order valence-electron chi connectivity index (χ3n) is 5.45. The molecule has 1 unspecified atom stereocenters. The van der Waals surface area contributed by atoms with Crippen LogP contribution in [0.2, 0.25) is 0 Å². The molecule has 5 nitrogen and oxygen atoms in total. The molecule has 0 aromatic heterocycles. The summed E-state index contributed by atoms with van der Waals surface area (Å²) in [6.07, 6.45) is 5.93. The van der Waals surface area contributed by atoms with Crippen LogP contribution in [0.4, 0.5) is 0 Å². The highest BCUT2D eigenvalue weighted by Gasteiger charge is 2.50. The molecule has 0 spiro atoms. The van der Waals surface area contributed by atoms with Gasteiger partial charge in [0.15, 0.2) is 0 Å². The van der Waals surface area contributed by atoms with Crippen LogP contribution in [0.1, 0.15) is 38.5 Å². The molecule has 1 saturated carbocycles. The molecule has 1 aliphatic carbocycles. The summed E-state index contributed by atoms with van der Waals surface area (Å²) in [6, 6.07) is 0.128. The third kappa shape index (κ3) is 2.32. The summed E-state index contributed by atoms with van der Waals surface area (Å²) < 4.78 is 0. The first-order valence-electron chi connectivity index (χ1n) is 7.87. The van der Waals surface area contributed by atoms with Crippen molar-refractivity contribution in [2.75, 3.05) is 26.7 Å². The Bertz CT molecular complexity index is 412. The van der Waals surface area contributed by atoms with E-state index in [1.165, 1.54) is 12.8 Å². The number of likely N-dealkylation sites (tertiary alicyclic amines) is 1. The molecular weight excluding hydrogens is 254 g/mol. The number of amides is 2. The molecule has 3 aliphatic rings. The van der Waals surface area contributed by atoms with Gasteiger partial charge in [0.05, 0.1) is 5.41 Å². The predicted octanol–water partition coefficient (Wildman–Crippen LogP) is 0.503. The van der Waals surface area contributed by atoms with Crippen LogP contribution in [-0.4, -0.2) is 49.4 Å². The van der Waals surface area contributed by atoms with Crippen molar-refractivity contribution in [3.63, 3.8) is 0 Å². The second-order valence-electron chi connectivity index (χ2n) is 6.71. The molecule has 3 atom stereocenters. The van der Waals surface area contributed by atoms with Gasteiger partial charge in [0, 0.05) is 32.6 Å². The highest BCUT2D eigenvalue weighted by molar-refractivity contribution is 5.84. The molecule has 3 fully saturated rings. The van der Waals surface area contributed by atoms with E-state index in [-0.39, 0.29) is 23.3 Å². The number of likely N-dealkylation sites (N-methyl/N-ethyl adjacent to an activating group) is 1. The van der Waals surface area contributed by atoms with Crippen molar-refractivity contribution in [1.82, 2.24) is 15.5 Å². The number of piperidine rings is 1. The van der Waals surface area contributed by atoms with Crippen LogP contribution in [0.5, 0.6) is 0 Å². The smallest absolute Gasteiger partial charge is 0.228 e. The van der Waals surface area contributed by atoms with Crippen molar-refractivity contribution < 1.29 is 9.59 Å². The lowest BCUT2D eigenvalue weighted by Crippen LogP contribution is -2.55. The van der Waals surface area contributed by atoms with E-state index in [9.17, 15) is 9.59 Å². The molecule has 2 aliphatic heterocycles. The van der Waals surface area contributed by atoms with Crippen LogP contribution in [-0.2, 0) is 9.59 Å². The molecule has 20 heavy (non-hydrogen) atoms. The van der Waals surface area contributed by atoms with Gasteiger partial charge in [0.1, 0.15) is 0 Å². The number of hydrogen-bond acceptors (Lipinski definition) is 3. The first-order chi connectivity index (χ1) is 9.62. The van der Waals surface area contributed by atoms with Gasteiger partial charge in [-0.1, -0.05) is 12.8 Å². The summed E-state index contributed by atoms with van der Waals surface area (Å²) in [6.45, 7) is 2.46. The SMILES string of the molecule is CN1CC(NC(=O)[C@@]23CCCC[C@H]2CNC3)CCC1=O. The van der Waals surface area contributed by atoms with Crippen LogP contribution in [0.15, 0.2) is 0 Å². The maximum absolute atomic E-state index is 12.8. The van der Waals surface area contributed by atoms with Crippen LogP contribution in [0.3, 0.4) is 0 Å². The molecule has 2 amide bonds. The van der Waals surface area contributed by atoms with Crippen LogP contribution >= 0.6 is 0 Å². The van der Waals surface area contributed by atoms with Gasteiger partial charge in [-0.15, -0.1) is 0 Å². The quantitative estimate of drug-likeness (QED) is 0.774. The number of nitrogens with one attached hydrogen (secondary N) is 2. The van der Waals surface area contributed by atoms with E-state index in [4.69, 9.17) is 0 Å². The Labute approximate surface area is 120 Å². The van der Waals surface area contributed by atoms with E-state index >= 15 is 0 Å². The minimum atomic E-state index is -0.182. The molecule has 0 aromatic carbocycles. The number of rotatable bonds is 2. The van der Waals surface area contributed by atoms with Crippen molar-refractivity contribution in [2.45, 2.75) is 44.6 Å². The number of hydrogen-bond donors (Lipinski definition) is 2. The average Bonchev–Trinajstić information content (AvgIpc) is 2.88. The topological polar surface area (TPSA) is 61.4 Å². The third-order valence-corrected chi connectivity index (χ3v) is 5.45. The summed E-state index contributed by atoms with van der Waals surface area (Å²) in [4.78, 5) is 26.0. The second kappa shape index (κ2) is 5.35. The highest BCUT2D eigenvalue weighted by Crippen LogP contribution is 2.44. The zero-order valence-electron chi connectivity index (χ0n) is 12.3. The van der Waals surface area contributed by atoms with Crippen molar-refractivity contribution >= 4 is 11.8 Å². The highest BCUT2D eigenvalue weighted by atomic mass is 16.2. The normalized spacial score (nSPS) is 37.6. The van der Waals surface area contributed by atoms with Gasteiger partial charge in [-0.25, -0.2) is 0 Å². The Balaban J connectivity index is 1.65. The summed E-state index contributed by atoms with van der Waals surface area (Å²) >= 11 is 0. The first-order valence-corrected chi connectivity index (χ1v) is 7.87. The molecule has 2 saturated heterocycles. The summed E-state index contributed by atoms with van der Waals surface area (Å²) in [7, 11) is 1.82. The molecule has 3 rings (SSSR count). The van der Waals surface area contributed by atoms with Gasteiger partial charge in [0.25, 0.3) is 0 Å². The Hall–Kier alpha value is -1.10. The Morgan fingerprint density at radius 3 is 3.05 bits per heavy atom. The lowest BCUT2D eigenvalue weighted by Gasteiger charge is -2.39. The van der Waals surface area contributed by atoms with Crippen LogP contribution < -0.4 is 10.6 Å². The van der Waals surface area contributed by atoms with Gasteiger partial charge >= 0.3 is 0 Å². The summed E-state index contributed by atoms with van der Waals surface area (Å²) in [5.41, 5.74) is -0.182. The maximum atomic E-state index is 12.8. The Kier molecular flexibility index (Phi) is 3.71. The van der Waals surface area contributed by atoms with Gasteiger partial charge in [0.2, 0.25) is 11.8 Å². The van der Waals surface area contributed by atoms with Crippen LogP contribution in [0.25, 0.3) is 0 Å². The minimum Gasteiger partial charge on any atom is -0.351 e. The standard InChI is InChI=1S/C15H25N3O2/c1-18-9-12(5-6-13(18)19)17-14(20)15-7-3-2-4-11(15)8-16-10-15/h11-12,16H,2-10H2,1H3,(H,17,20)/t11-,12?,15+/m0/s1. The monoisotopic (exact) mass is 279 g/mol. The molecule has 112 valence electrons. The number of nitrogens with zero attached hydrogens (tertiary/aromatic N) is 1. The number of carbonyl (C=O) groups is 2. The first kappa shape index (κ1) is 13.9. The van der Waals surface area contributed by atoms with E-state index in [1.54, 1.807) is 4.90 Å². The molecular formula is C15H25N3O2. The number of fused-ring (bicyclic) bond motifs is 1. The fourth-order valence-electron chi connectivity index (χ4n) is 4.15. The average molecular weight is 279 g/mol. The van der Waals surface area contributed by atoms with Crippen molar-refractivity contribution in [3.8, 4) is 0 Å². The molecule has 0 aromatic rings. The van der Waals surface area contributed by atoms with Gasteiger partial charge in [-0.2, -0.15) is 0 Å². The summed E-state index contributed by atoms with van der Waals surface area (Å²) in [5.74, 6) is 0.908. The van der Waals surface area contributed by atoms with Crippen molar-refractivity contribution in [2.24, 2.45) is 11.3 Å². The summed E-state index contributed by atoms with van der Waals surface area (Å²) in [5, 5.41) is 6.64. The number of carbonyl (C=O) groups excluding carboxylic acids is 2. The Morgan fingerprint density at radius 1 is 1.40 bits per heavy atom. The van der Waals surface area contributed by atoms with E-state index in [0.717, 1.165) is 32.4 Å². The lowest BCUT2D eigenvalue weighted by atomic mass is 9.67. The fraction of sp³-hybridized carbons (Fsp3) is 0.867. The van der Waals surface area contributed by atoms with Crippen molar-refractivity contribution in [1.29, 1.82) is 0 Å². The minimum absolute atomic E-state index is 0.128. The molecule has 0 radical (unpaired) electrons. The zero-order valence-corrected chi connectivity index (χ0v) is 12.3.